The van der Waals surface area contributed by atoms with Gasteiger partial charge in [-0.1, -0.05) is 36.4 Å². The number of rotatable bonds is 8. The molecule has 3 aromatic rings. The maximum Gasteiger partial charge on any atom is 0.264 e. The number of ether oxygens (including phenoxy) is 3. The number of benzene rings is 3. The molecule has 178 valence electrons. The van der Waals surface area contributed by atoms with E-state index in [0.29, 0.717) is 22.9 Å². The molecule has 1 atom stereocenters. The van der Waals surface area contributed by atoms with Crippen molar-refractivity contribution in [2.45, 2.75) is 17.9 Å². The van der Waals surface area contributed by atoms with Gasteiger partial charge in [-0.05, 0) is 48.9 Å². The Morgan fingerprint density at radius 3 is 2.50 bits per heavy atom. The standard InChI is InChI=1S/C25H26N2O6S/c1-18-12-13-20-23(16-18)33-24(17-27(20)34(29,30)19-8-4-3-5-9-19)25(28)26-14-15-32-22-11-7-6-10-21(22)31-2/h3-13,16,24H,14-15,17H2,1-2H3,(H,26,28)/t24-/m1/s1. The number of para-hydroxylation sites is 2. The molecule has 0 saturated carbocycles. The summed E-state index contributed by atoms with van der Waals surface area (Å²) < 4.78 is 44.8. The Kier molecular flexibility index (Phi) is 6.93. The first-order valence-corrected chi connectivity index (χ1v) is 12.2. The predicted molar refractivity (Wildman–Crippen MR) is 128 cm³/mol. The number of hydrogen-bond donors (Lipinski definition) is 1. The molecule has 0 radical (unpaired) electrons. The third-order valence-electron chi connectivity index (χ3n) is 5.34. The number of fused-ring (bicyclic) bond motifs is 1. The van der Waals surface area contributed by atoms with Gasteiger partial charge < -0.3 is 19.5 Å². The zero-order valence-corrected chi connectivity index (χ0v) is 19.7. The van der Waals surface area contributed by atoms with Crippen molar-refractivity contribution in [1.29, 1.82) is 0 Å². The highest BCUT2D eigenvalue weighted by atomic mass is 32.2. The lowest BCUT2D eigenvalue weighted by Gasteiger charge is -2.35. The van der Waals surface area contributed by atoms with Crippen molar-refractivity contribution in [2.24, 2.45) is 0 Å². The summed E-state index contributed by atoms with van der Waals surface area (Å²) in [4.78, 5) is 13.0. The van der Waals surface area contributed by atoms with Gasteiger partial charge in [-0.25, -0.2) is 8.42 Å². The summed E-state index contributed by atoms with van der Waals surface area (Å²) >= 11 is 0. The van der Waals surface area contributed by atoms with Crippen molar-refractivity contribution >= 4 is 21.6 Å². The molecule has 0 unspecified atom stereocenters. The monoisotopic (exact) mass is 482 g/mol. The number of nitrogens with zero attached hydrogens (tertiary/aromatic N) is 1. The topological polar surface area (TPSA) is 94.2 Å². The summed E-state index contributed by atoms with van der Waals surface area (Å²) in [6.07, 6.45) is -1.01. The zero-order valence-electron chi connectivity index (χ0n) is 18.9. The fourth-order valence-electron chi connectivity index (χ4n) is 3.63. The van der Waals surface area contributed by atoms with Gasteiger partial charge >= 0.3 is 0 Å². The maximum atomic E-state index is 13.4. The van der Waals surface area contributed by atoms with Gasteiger partial charge in [-0.2, -0.15) is 0 Å². The van der Waals surface area contributed by atoms with Crippen LogP contribution in [0.2, 0.25) is 0 Å². The summed E-state index contributed by atoms with van der Waals surface area (Å²) in [5.74, 6) is 1.08. The van der Waals surface area contributed by atoms with E-state index in [1.165, 1.54) is 16.4 Å². The number of anilines is 1. The molecule has 0 spiro atoms. The number of hydrogen-bond acceptors (Lipinski definition) is 6. The van der Waals surface area contributed by atoms with Crippen molar-refractivity contribution in [1.82, 2.24) is 5.32 Å². The molecule has 9 heteroatoms. The number of carbonyl (C=O) groups is 1. The summed E-state index contributed by atoms with van der Waals surface area (Å²) in [7, 11) is -2.33. The van der Waals surface area contributed by atoms with Gasteiger partial charge in [0, 0.05) is 0 Å². The largest absolute Gasteiger partial charge is 0.493 e. The lowest BCUT2D eigenvalue weighted by Crippen LogP contribution is -2.51. The molecular weight excluding hydrogens is 456 g/mol. The van der Waals surface area contributed by atoms with E-state index >= 15 is 0 Å². The Morgan fingerprint density at radius 2 is 1.76 bits per heavy atom. The van der Waals surface area contributed by atoms with Gasteiger partial charge in [-0.15, -0.1) is 0 Å². The molecule has 0 aromatic heterocycles. The highest BCUT2D eigenvalue weighted by Gasteiger charge is 2.37. The van der Waals surface area contributed by atoms with Crippen molar-refractivity contribution in [2.75, 3.05) is 31.1 Å². The van der Waals surface area contributed by atoms with Crippen LogP contribution in [-0.4, -0.2) is 47.2 Å². The van der Waals surface area contributed by atoms with Crippen LogP contribution in [0.5, 0.6) is 17.2 Å². The van der Waals surface area contributed by atoms with Crippen LogP contribution in [-0.2, 0) is 14.8 Å². The van der Waals surface area contributed by atoms with Crippen LogP contribution >= 0.6 is 0 Å². The van der Waals surface area contributed by atoms with Gasteiger partial charge in [0.15, 0.2) is 17.6 Å². The molecule has 34 heavy (non-hydrogen) atoms. The lowest BCUT2D eigenvalue weighted by molar-refractivity contribution is -0.127. The van der Waals surface area contributed by atoms with E-state index in [2.05, 4.69) is 5.32 Å². The van der Waals surface area contributed by atoms with E-state index in [-0.39, 0.29) is 24.6 Å². The van der Waals surface area contributed by atoms with Gasteiger partial charge in [0.1, 0.15) is 12.4 Å². The minimum absolute atomic E-state index is 0.146. The second-order valence-electron chi connectivity index (χ2n) is 7.72. The minimum Gasteiger partial charge on any atom is -0.493 e. The second kappa shape index (κ2) is 10.0. The Balaban J connectivity index is 1.48. The maximum absolute atomic E-state index is 13.4. The normalized spacial score (nSPS) is 15.1. The highest BCUT2D eigenvalue weighted by Crippen LogP contribution is 2.37. The first-order valence-electron chi connectivity index (χ1n) is 10.8. The van der Waals surface area contributed by atoms with Crippen molar-refractivity contribution in [3.05, 3.63) is 78.4 Å². The summed E-state index contributed by atoms with van der Waals surface area (Å²) in [6.45, 7) is 2.15. The third-order valence-corrected chi connectivity index (χ3v) is 7.13. The van der Waals surface area contributed by atoms with E-state index < -0.39 is 22.0 Å². The molecule has 0 saturated heterocycles. The second-order valence-corrected chi connectivity index (χ2v) is 9.58. The summed E-state index contributed by atoms with van der Waals surface area (Å²) in [6, 6.07) is 20.6. The molecule has 4 rings (SSSR count). The van der Waals surface area contributed by atoms with E-state index in [1.807, 2.05) is 25.1 Å². The van der Waals surface area contributed by atoms with Crippen LogP contribution in [0.1, 0.15) is 5.56 Å². The quantitative estimate of drug-likeness (QED) is 0.496. The average molecular weight is 483 g/mol. The Bertz CT molecular complexity index is 1260. The summed E-state index contributed by atoms with van der Waals surface area (Å²) in [5, 5.41) is 2.77. The van der Waals surface area contributed by atoms with Crippen LogP contribution < -0.4 is 23.8 Å². The Labute approximate surface area is 199 Å². The van der Waals surface area contributed by atoms with Gasteiger partial charge in [0.2, 0.25) is 0 Å². The van der Waals surface area contributed by atoms with E-state index in [4.69, 9.17) is 14.2 Å². The molecule has 0 aliphatic carbocycles. The van der Waals surface area contributed by atoms with Gasteiger partial charge in [0.05, 0.1) is 30.8 Å². The molecular formula is C25H26N2O6S. The molecule has 0 bridgehead atoms. The van der Waals surface area contributed by atoms with Crippen molar-refractivity contribution < 1.29 is 27.4 Å². The molecule has 1 heterocycles. The van der Waals surface area contributed by atoms with Crippen molar-refractivity contribution in [3.8, 4) is 17.2 Å². The fourth-order valence-corrected chi connectivity index (χ4v) is 5.13. The van der Waals surface area contributed by atoms with Crippen molar-refractivity contribution in [3.63, 3.8) is 0 Å². The smallest absolute Gasteiger partial charge is 0.264 e. The minimum atomic E-state index is -3.89. The van der Waals surface area contributed by atoms with Crippen LogP contribution in [0.25, 0.3) is 0 Å². The Hall–Kier alpha value is -3.72. The third kappa shape index (κ3) is 4.94. The number of methoxy groups -OCH3 is 1. The average Bonchev–Trinajstić information content (AvgIpc) is 2.86. The van der Waals surface area contributed by atoms with E-state index in [9.17, 15) is 13.2 Å². The predicted octanol–water partition coefficient (Wildman–Crippen LogP) is 3.16. The number of amides is 1. The number of sulfonamides is 1. The number of carbonyl (C=O) groups excluding carboxylic acids is 1. The van der Waals surface area contributed by atoms with Gasteiger partial charge in [-0.3, -0.25) is 9.10 Å². The Morgan fingerprint density at radius 1 is 1.06 bits per heavy atom. The first kappa shape index (κ1) is 23.4. The molecule has 0 fully saturated rings. The zero-order chi connectivity index (χ0) is 24.1. The molecule has 1 aliphatic heterocycles. The molecule has 8 nitrogen and oxygen atoms in total. The van der Waals surface area contributed by atoms with E-state index in [1.54, 1.807) is 49.6 Å². The summed E-state index contributed by atoms with van der Waals surface area (Å²) in [5.41, 5.74) is 1.29. The van der Waals surface area contributed by atoms with Crippen LogP contribution in [0.4, 0.5) is 5.69 Å². The highest BCUT2D eigenvalue weighted by molar-refractivity contribution is 7.92. The fraction of sp³-hybridized carbons (Fsp3) is 0.240. The van der Waals surface area contributed by atoms with E-state index in [0.717, 1.165) is 5.56 Å². The van der Waals surface area contributed by atoms with Crippen LogP contribution in [0, 0.1) is 6.92 Å². The SMILES string of the molecule is COc1ccccc1OCCNC(=O)[C@H]1CN(S(=O)(=O)c2ccccc2)c2ccc(C)cc2O1. The van der Waals surface area contributed by atoms with Crippen LogP contribution in [0.15, 0.2) is 77.7 Å². The number of nitrogens with one attached hydrogen (secondary N) is 1. The van der Waals surface area contributed by atoms with Gasteiger partial charge in [0.25, 0.3) is 15.9 Å². The molecule has 3 aromatic carbocycles. The van der Waals surface area contributed by atoms with Crippen LogP contribution in [0.3, 0.4) is 0 Å². The molecule has 1 N–H and O–H groups in total. The lowest BCUT2D eigenvalue weighted by atomic mass is 10.1. The number of aryl methyl sites for hydroxylation is 1. The molecule has 1 aliphatic rings. The molecule has 1 amide bonds. The first-order chi connectivity index (χ1) is 16.4.